The van der Waals surface area contributed by atoms with Gasteiger partial charge in [-0.2, -0.15) is 4.68 Å². The summed E-state index contributed by atoms with van der Waals surface area (Å²) >= 11 is 11.1. The summed E-state index contributed by atoms with van der Waals surface area (Å²) in [5.74, 6) is 0.527. The van der Waals surface area contributed by atoms with E-state index in [2.05, 4.69) is 5.10 Å². The zero-order chi connectivity index (χ0) is 17.3. The first kappa shape index (κ1) is 17.6. The van der Waals surface area contributed by atoms with E-state index in [9.17, 15) is 8.42 Å². The van der Waals surface area contributed by atoms with Gasteiger partial charge >= 0.3 is 0 Å². The number of benzene rings is 1. The quantitative estimate of drug-likeness (QED) is 0.785. The number of halogens is 1. The topological polar surface area (TPSA) is 69.5 Å². The summed E-state index contributed by atoms with van der Waals surface area (Å²) in [6, 6.07) is 7.71. The monoisotopic (exact) mass is 388 g/mol. The molecule has 1 saturated heterocycles. The minimum Gasteiger partial charge on any atom is -0.413 e. The minimum absolute atomic E-state index is 0.0930. The van der Waals surface area contributed by atoms with Crippen LogP contribution >= 0.6 is 23.8 Å². The van der Waals surface area contributed by atoms with Gasteiger partial charge in [0.2, 0.25) is 5.89 Å². The van der Waals surface area contributed by atoms with Gasteiger partial charge in [0, 0.05) is 10.6 Å². The number of nitrogens with zero attached hydrogens (tertiary/aromatic N) is 2. The van der Waals surface area contributed by atoms with Crippen LogP contribution in [0.5, 0.6) is 0 Å². The molecular formula is C15H19ClN3O3S2+. The van der Waals surface area contributed by atoms with E-state index in [4.69, 9.17) is 28.2 Å². The Hall–Kier alpha value is -1.22. The third-order valence-electron chi connectivity index (χ3n) is 4.04. The van der Waals surface area contributed by atoms with Crippen LogP contribution in [0.25, 0.3) is 0 Å². The van der Waals surface area contributed by atoms with Crippen molar-refractivity contribution < 1.29 is 17.7 Å². The number of aromatic nitrogens is 2. The molecule has 2 aromatic rings. The average Bonchev–Trinajstić information content (AvgIpc) is 3.04. The van der Waals surface area contributed by atoms with Crippen molar-refractivity contribution in [2.24, 2.45) is 0 Å². The van der Waals surface area contributed by atoms with Crippen LogP contribution in [-0.2, 0) is 23.1 Å². The van der Waals surface area contributed by atoms with Crippen molar-refractivity contribution in [1.29, 1.82) is 0 Å². The number of sulfone groups is 1. The number of quaternary nitrogens is 1. The maximum Gasteiger partial charge on any atom is 0.291 e. The van der Waals surface area contributed by atoms with E-state index in [0.717, 1.165) is 12.1 Å². The first-order valence-electron chi connectivity index (χ1n) is 7.66. The summed E-state index contributed by atoms with van der Waals surface area (Å²) in [4.78, 5) is 1.46. The van der Waals surface area contributed by atoms with Crippen LogP contribution in [0.2, 0.25) is 5.02 Å². The van der Waals surface area contributed by atoms with Crippen LogP contribution in [0.3, 0.4) is 0 Å². The molecule has 1 N–H and O–H groups in total. The molecule has 24 heavy (non-hydrogen) atoms. The molecule has 2 heterocycles. The Morgan fingerprint density at radius 2 is 2.12 bits per heavy atom. The normalized spacial score (nSPS) is 21.0. The van der Waals surface area contributed by atoms with Gasteiger partial charge in [0.25, 0.3) is 4.84 Å². The molecule has 9 heteroatoms. The van der Waals surface area contributed by atoms with Crippen molar-refractivity contribution in [2.75, 3.05) is 18.6 Å². The van der Waals surface area contributed by atoms with E-state index in [0.29, 0.717) is 24.0 Å². The second-order valence-electron chi connectivity index (χ2n) is 6.22. The molecule has 0 radical (unpaired) electrons. The maximum atomic E-state index is 11.6. The van der Waals surface area contributed by atoms with E-state index in [1.807, 2.05) is 31.3 Å². The Kier molecular flexibility index (Phi) is 5.10. The Morgan fingerprint density at radius 1 is 1.42 bits per heavy atom. The molecule has 2 atom stereocenters. The van der Waals surface area contributed by atoms with Crippen LogP contribution < -0.4 is 4.90 Å². The molecule has 0 spiro atoms. The van der Waals surface area contributed by atoms with Crippen LogP contribution in [0.4, 0.5) is 0 Å². The van der Waals surface area contributed by atoms with Crippen LogP contribution in [-0.4, -0.2) is 36.8 Å². The van der Waals surface area contributed by atoms with Crippen LogP contribution in [0, 0.1) is 4.84 Å². The average molecular weight is 389 g/mol. The van der Waals surface area contributed by atoms with Gasteiger partial charge in [-0.1, -0.05) is 23.7 Å². The van der Waals surface area contributed by atoms with Crippen molar-refractivity contribution >= 4 is 33.7 Å². The van der Waals surface area contributed by atoms with E-state index in [-0.39, 0.29) is 22.3 Å². The second kappa shape index (κ2) is 6.95. The summed E-state index contributed by atoms with van der Waals surface area (Å²) in [7, 11) is -0.941. The number of hydrogen-bond acceptors (Lipinski definition) is 5. The third kappa shape index (κ3) is 4.24. The zero-order valence-corrected chi connectivity index (χ0v) is 15.6. The molecule has 0 aliphatic carbocycles. The van der Waals surface area contributed by atoms with Crippen LogP contribution in [0.15, 0.2) is 28.7 Å². The molecule has 1 aliphatic heterocycles. The van der Waals surface area contributed by atoms with Crippen molar-refractivity contribution in [2.45, 2.75) is 25.6 Å². The summed E-state index contributed by atoms with van der Waals surface area (Å²) < 4.78 is 30.3. The molecule has 130 valence electrons. The highest BCUT2D eigenvalue weighted by atomic mass is 35.5. The molecule has 3 rings (SSSR count). The largest absolute Gasteiger partial charge is 0.413 e. The molecule has 1 fully saturated rings. The number of rotatable bonds is 5. The fourth-order valence-electron chi connectivity index (χ4n) is 2.84. The summed E-state index contributed by atoms with van der Waals surface area (Å²) in [5.41, 5.74) is 1.16. The molecule has 1 aromatic carbocycles. The molecule has 6 nitrogen and oxygen atoms in total. The summed E-state index contributed by atoms with van der Waals surface area (Å²) in [5, 5.41) is 5.11. The lowest BCUT2D eigenvalue weighted by Gasteiger charge is -2.13. The van der Waals surface area contributed by atoms with E-state index < -0.39 is 9.84 Å². The smallest absolute Gasteiger partial charge is 0.291 e. The lowest BCUT2D eigenvalue weighted by Crippen LogP contribution is -3.07. The number of hydrogen-bond donors (Lipinski definition) is 1. The van der Waals surface area contributed by atoms with Crippen LogP contribution in [0.1, 0.15) is 23.8 Å². The molecule has 0 bridgehead atoms. The standard InChI is InChI=1S/C15H18ClN3O3S2/c1-18(8-11-2-4-13(16)5-3-11)10-19-15(23)22-14(17-19)12-6-7-24(20,21)9-12/h2-5,12H,6-10H2,1H3/p+1/t12-/m1/s1. The third-order valence-corrected chi connectivity index (χ3v) is 6.36. The Bertz CT molecular complexity index is 874. The van der Waals surface area contributed by atoms with Gasteiger partial charge in [0.05, 0.1) is 24.5 Å². The highest BCUT2D eigenvalue weighted by Gasteiger charge is 2.32. The lowest BCUT2D eigenvalue weighted by atomic mass is 10.1. The van der Waals surface area contributed by atoms with Gasteiger partial charge in [0.15, 0.2) is 16.5 Å². The molecule has 0 saturated carbocycles. The van der Waals surface area contributed by atoms with E-state index in [1.165, 1.54) is 4.90 Å². The van der Waals surface area contributed by atoms with Crippen molar-refractivity contribution in [3.05, 3.63) is 45.6 Å². The molecule has 1 aliphatic rings. The number of nitrogens with one attached hydrogen (secondary N) is 1. The fourth-order valence-corrected chi connectivity index (χ4v) is 4.89. The predicted molar refractivity (Wildman–Crippen MR) is 93.4 cm³/mol. The fraction of sp³-hybridized carbons (Fsp3) is 0.467. The SMILES string of the molecule is C[NH+](Cc1ccc(Cl)cc1)Cn1nc([C@@H]2CCS(=O)(=O)C2)oc1=S. The van der Waals surface area contributed by atoms with E-state index in [1.54, 1.807) is 4.68 Å². The minimum atomic E-state index is -2.97. The first-order valence-corrected chi connectivity index (χ1v) is 10.3. The van der Waals surface area contributed by atoms with Crippen molar-refractivity contribution in [1.82, 2.24) is 9.78 Å². The van der Waals surface area contributed by atoms with Gasteiger partial charge in [-0.25, -0.2) is 8.42 Å². The first-order chi connectivity index (χ1) is 11.3. The summed E-state index contributed by atoms with van der Waals surface area (Å²) in [6.07, 6.45) is 0.547. The van der Waals surface area contributed by atoms with Crippen molar-refractivity contribution in [3.8, 4) is 0 Å². The highest BCUT2D eigenvalue weighted by Crippen LogP contribution is 2.27. The lowest BCUT2D eigenvalue weighted by molar-refractivity contribution is -0.917. The Balaban J connectivity index is 1.67. The van der Waals surface area contributed by atoms with Gasteiger partial charge in [0.1, 0.15) is 6.54 Å². The zero-order valence-electron chi connectivity index (χ0n) is 13.2. The van der Waals surface area contributed by atoms with E-state index >= 15 is 0 Å². The highest BCUT2D eigenvalue weighted by molar-refractivity contribution is 7.91. The van der Waals surface area contributed by atoms with Gasteiger partial charge in [-0.05, 0) is 30.8 Å². The van der Waals surface area contributed by atoms with Gasteiger partial charge in [-0.3, -0.25) is 0 Å². The molecule has 1 unspecified atom stereocenters. The predicted octanol–water partition coefficient (Wildman–Crippen LogP) is 1.43. The second-order valence-corrected chi connectivity index (χ2v) is 9.24. The van der Waals surface area contributed by atoms with Gasteiger partial charge < -0.3 is 9.32 Å². The Morgan fingerprint density at radius 3 is 2.75 bits per heavy atom. The molecular weight excluding hydrogens is 370 g/mol. The summed E-state index contributed by atoms with van der Waals surface area (Å²) in [6.45, 7) is 1.34. The molecule has 0 amide bonds. The van der Waals surface area contributed by atoms with Crippen molar-refractivity contribution in [3.63, 3.8) is 0 Å². The Labute approximate surface area is 150 Å². The molecule has 1 aromatic heterocycles. The maximum absolute atomic E-state index is 11.6. The van der Waals surface area contributed by atoms with Gasteiger partial charge in [-0.15, -0.1) is 5.10 Å².